The highest BCUT2D eigenvalue weighted by Crippen LogP contribution is 2.31. The lowest BCUT2D eigenvalue weighted by Gasteiger charge is -2.31. The molecule has 3 rings (SSSR count). The lowest BCUT2D eigenvalue weighted by molar-refractivity contribution is -0.146. The van der Waals surface area contributed by atoms with Crippen LogP contribution in [0.25, 0.3) is 0 Å². The molecule has 6 nitrogen and oxygen atoms in total. The number of carbonyl (C=O) groups is 1. The van der Waals surface area contributed by atoms with Crippen LogP contribution in [0.2, 0.25) is 0 Å². The standard InChI is InChI=1S/C18H17BrF4N4O2/c1-9-14(19)10(2)26(24-9)8-11-3-5-12(6-4-11)16(28)27-18(29,17(22)23)7-13(25-27)15(20)21/h3-7,15,17,25,29H,8H2,1-2H3. The number of hydrogen-bond acceptors (Lipinski definition) is 4. The average Bonchev–Trinajstić information content (AvgIpc) is 3.15. The Kier molecular flexibility index (Phi) is 5.72. The summed E-state index contributed by atoms with van der Waals surface area (Å²) >= 11 is 3.44. The van der Waals surface area contributed by atoms with Gasteiger partial charge in [-0.3, -0.25) is 14.9 Å². The van der Waals surface area contributed by atoms with E-state index < -0.39 is 30.2 Å². The van der Waals surface area contributed by atoms with Crippen LogP contribution in [0.1, 0.15) is 27.3 Å². The molecule has 29 heavy (non-hydrogen) atoms. The Hall–Kier alpha value is -2.40. The van der Waals surface area contributed by atoms with Gasteiger partial charge in [0.1, 0.15) is 0 Å². The van der Waals surface area contributed by atoms with E-state index in [-0.39, 0.29) is 16.6 Å². The van der Waals surface area contributed by atoms with Gasteiger partial charge < -0.3 is 5.11 Å². The van der Waals surface area contributed by atoms with Crippen LogP contribution in [-0.4, -0.2) is 44.4 Å². The van der Waals surface area contributed by atoms with Crippen molar-refractivity contribution in [2.24, 2.45) is 0 Å². The van der Waals surface area contributed by atoms with Gasteiger partial charge in [0, 0.05) is 11.6 Å². The fourth-order valence-corrected chi connectivity index (χ4v) is 3.20. The maximum Gasteiger partial charge on any atom is 0.291 e. The van der Waals surface area contributed by atoms with E-state index >= 15 is 0 Å². The molecule has 11 heteroatoms. The molecule has 1 aliphatic heterocycles. The first-order chi connectivity index (χ1) is 13.5. The molecule has 1 atom stereocenters. The van der Waals surface area contributed by atoms with Crippen molar-refractivity contribution in [1.29, 1.82) is 0 Å². The predicted octanol–water partition coefficient (Wildman–Crippen LogP) is 3.37. The summed E-state index contributed by atoms with van der Waals surface area (Å²) in [5.41, 5.74) is 0.204. The van der Waals surface area contributed by atoms with E-state index in [1.54, 1.807) is 16.8 Å². The van der Waals surface area contributed by atoms with E-state index in [9.17, 15) is 27.5 Å². The van der Waals surface area contributed by atoms with Gasteiger partial charge in [-0.15, -0.1) is 0 Å². The number of alkyl halides is 4. The van der Waals surface area contributed by atoms with Crippen molar-refractivity contribution in [3.05, 3.63) is 63.0 Å². The number of aryl methyl sites for hydroxylation is 1. The van der Waals surface area contributed by atoms with Crippen LogP contribution < -0.4 is 5.43 Å². The highest BCUT2D eigenvalue weighted by atomic mass is 79.9. The molecular weight excluding hydrogens is 460 g/mol. The molecular formula is C18H17BrF4N4O2. The van der Waals surface area contributed by atoms with Crippen molar-refractivity contribution in [2.45, 2.75) is 39.0 Å². The third-order valence-corrected chi connectivity index (χ3v) is 5.70. The minimum Gasteiger partial charge on any atom is -0.361 e. The normalized spacial score (nSPS) is 19.1. The third-order valence-electron chi connectivity index (χ3n) is 4.55. The van der Waals surface area contributed by atoms with Gasteiger partial charge in [0.15, 0.2) is 0 Å². The molecule has 1 aliphatic rings. The van der Waals surface area contributed by atoms with E-state index in [4.69, 9.17) is 0 Å². The summed E-state index contributed by atoms with van der Waals surface area (Å²) in [6.45, 7) is 4.15. The Morgan fingerprint density at radius 3 is 2.34 bits per heavy atom. The van der Waals surface area contributed by atoms with E-state index in [1.807, 2.05) is 19.3 Å². The number of aromatic nitrogens is 2. The molecule has 2 N–H and O–H groups in total. The summed E-state index contributed by atoms with van der Waals surface area (Å²) in [7, 11) is 0. The molecule has 0 radical (unpaired) electrons. The van der Waals surface area contributed by atoms with E-state index in [0.29, 0.717) is 6.54 Å². The summed E-state index contributed by atoms with van der Waals surface area (Å²) in [4.78, 5) is 12.6. The van der Waals surface area contributed by atoms with Crippen LogP contribution in [0.15, 0.2) is 40.5 Å². The Morgan fingerprint density at radius 1 is 1.24 bits per heavy atom. The van der Waals surface area contributed by atoms with Gasteiger partial charge in [0.05, 0.1) is 28.1 Å². The molecule has 1 unspecified atom stereocenters. The maximum atomic E-state index is 13.3. The lowest BCUT2D eigenvalue weighted by atomic mass is 10.1. The number of nitrogens with one attached hydrogen (secondary N) is 1. The third kappa shape index (κ3) is 3.88. The number of allylic oxidation sites excluding steroid dienone is 1. The number of rotatable bonds is 5. The van der Waals surface area contributed by atoms with Gasteiger partial charge in [0.25, 0.3) is 18.8 Å². The predicted molar refractivity (Wildman–Crippen MR) is 99.3 cm³/mol. The van der Waals surface area contributed by atoms with Crippen LogP contribution in [-0.2, 0) is 6.54 Å². The number of carbonyl (C=O) groups excluding carboxylic acids is 1. The largest absolute Gasteiger partial charge is 0.361 e. The van der Waals surface area contributed by atoms with Crippen molar-refractivity contribution in [3.8, 4) is 0 Å². The summed E-state index contributed by atoms with van der Waals surface area (Å²) in [5, 5.41) is 14.6. The summed E-state index contributed by atoms with van der Waals surface area (Å²) in [6, 6.07) is 5.92. The minimum absolute atomic E-state index is 0.0567. The van der Waals surface area contributed by atoms with Crippen molar-refractivity contribution in [2.75, 3.05) is 0 Å². The molecule has 0 saturated carbocycles. The number of aliphatic hydroxyl groups is 1. The number of halogens is 5. The molecule has 0 spiro atoms. The second kappa shape index (κ2) is 7.79. The zero-order chi connectivity index (χ0) is 21.5. The topological polar surface area (TPSA) is 70.4 Å². The van der Waals surface area contributed by atoms with Crippen LogP contribution in [0.4, 0.5) is 17.6 Å². The SMILES string of the molecule is Cc1nn(Cc2ccc(C(=O)N3NC(C(F)F)=CC3(O)C(F)F)cc2)c(C)c1Br. The van der Waals surface area contributed by atoms with Crippen molar-refractivity contribution < 1.29 is 27.5 Å². The van der Waals surface area contributed by atoms with E-state index in [2.05, 4.69) is 21.0 Å². The molecule has 2 heterocycles. The van der Waals surface area contributed by atoms with Crippen molar-refractivity contribution in [3.63, 3.8) is 0 Å². The van der Waals surface area contributed by atoms with Gasteiger partial charge >= 0.3 is 0 Å². The van der Waals surface area contributed by atoms with Crippen LogP contribution in [0, 0.1) is 13.8 Å². The smallest absolute Gasteiger partial charge is 0.291 e. The first-order valence-electron chi connectivity index (χ1n) is 8.45. The van der Waals surface area contributed by atoms with Gasteiger partial charge in [-0.05, 0) is 47.5 Å². The van der Waals surface area contributed by atoms with Crippen molar-refractivity contribution >= 4 is 21.8 Å². The Morgan fingerprint density at radius 2 is 1.86 bits per heavy atom. The quantitative estimate of drug-likeness (QED) is 0.649. The summed E-state index contributed by atoms with van der Waals surface area (Å²) < 4.78 is 54.9. The molecule has 1 aromatic carbocycles. The van der Waals surface area contributed by atoms with Gasteiger partial charge in [0.2, 0.25) is 5.72 Å². The Bertz CT molecular complexity index is 962. The van der Waals surface area contributed by atoms with Crippen LogP contribution in [0.3, 0.4) is 0 Å². The fraction of sp³-hybridized carbons (Fsp3) is 0.333. The minimum atomic E-state index is -3.49. The molecule has 0 fully saturated rings. The maximum absolute atomic E-state index is 13.3. The van der Waals surface area contributed by atoms with E-state index in [0.717, 1.165) is 21.4 Å². The second-order valence-corrected chi connectivity index (χ2v) is 7.37. The molecule has 0 aliphatic carbocycles. The highest BCUT2D eigenvalue weighted by molar-refractivity contribution is 9.10. The van der Waals surface area contributed by atoms with Gasteiger partial charge in [-0.25, -0.2) is 22.6 Å². The molecule has 1 aromatic heterocycles. The van der Waals surface area contributed by atoms with Crippen LogP contribution in [0.5, 0.6) is 0 Å². The first-order valence-corrected chi connectivity index (χ1v) is 9.25. The average molecular weight is 477 g/mol. The van der Waals surface area contributed by atoms with Gasteiger partial charge in [-0.2, -0.15) is 5.10 Å². The monoisotopic (exact) mass is 476 g/mol. The fourth-order valence-electron chi connectivity index (χ4n) is 2.91. The molecule has 0 bridgehead atoms. The zero-order valence-electron chi connectivity index (χ0n) is 15.3. The number of hydrazine groups is 1. The van der Waals surface area contributed by atoms with Crippen molar-refractivity contribution in [1.82, 2.24) is 20.2 Å². The number of hydrogen-bond donors (Lipinski definition) is 2. The first kappa shape index (κ1) is 21.3. The molecule has 0 saturated heterocycles. The zero-order valence-corrected chi connectivity index (χ0v) is 16.9. The number of benzene rings is 1. The second-order valence-electron chi connectivity index (χ2n) is 6.58. The lowest BCUT2D eigenvalue weighted by Crippen LogP contribution is -2.56. The molecule has 2 aromatic rings. The number of nitrogens with zero attached hydrogens (tertiary/aromatic N) is 3. The Balaban J connectivity index is 1.80. The van der Waals surface area contributed by atoms with Crippen LogP contribution >= 0.6 is 15.9 Å². The summed E-state index contributed by atoms with van der Waals surface area (Å²) in [5.74, 6) is -1.07. The van der Waals surface area contributed by atoms with E-state index in [1.165, 1.54) is 12.1 Å². The summed E-state index contributed by atoms with van der Waals surface area (Å²) in [6.07, 6.45) is -6.38. The molecule has 1 amide bonds. The number of amides is 1. The molecule has 156 valence electrons. The van der Waals surface area contributed by atoms with Gasteiger partial charge in [-0.1, -0.05) is 12.1 Å². The Labute approximate surface area is 171 Å². The highest BCUT2D eigenvalue weighted by Gasteiger charge is 2.51.